The monoisotopic (exact) mass is 469 g/mol. The summed E-state index contributed by atoms with van der Waals surface area (Å²) in [5.41, 5.74) is 1.99. The van der Waals surface area contributed by atoms with Crippen LogP contribution in [0.1, 0.15) is 21.6 Å². The molecule has 2 aromatic heterocycles. The van der Waals surface area contributed by atoms with Crippen LogP contribution in [0.5, 0.6) is 11.5 Å². The lowest BCUT2D eigenvalue weighted by atomic mass is 10.0. The SMILES string of the molecule is COc1ccc(CCNC(=O)c2cn3cc(-c4cccc(C(F)(F)F)c4)ccc3n2)cc1OC. The molecule has 1 amide bonds. The van der Waals surface area contributed by atoms with Gasteiger partial charge in [-0.1, -0.05) is 18.2 Å². The average molecular weight is 469 g/mol. The Morgan fingerprint density at radius 1 is 0.971 bits per heavy atom. The van der Waals surface area contributed by atoms with Gasteiger partial charge in [-0.25, -0.2) is 4.98 Å². The summed E-state index contributed by atoms with van der Waals surface area (Å²) in [6.07, 6.45) is -0.632. The maximum Gasteiger partial charge on any atom is 0.416 e. The number of amides is 1. The fourth-order valence-electron chi connectivity index (χ4n) is 3.59. The number of fused-ring (bicyclic) bond motifs is 1. The Bertz CT molecular complexity index is 1330. The molecule has 9 heteroatoms. The lowest BCUT2D eigenvalue weighted by molar-refractivity contribution is -0.137. The number of imidazole rings is 1. The smallest absolute Gasteiger partial charge is 0.416 e. The number of hydrogen-bond donors (Lipinski definition) is 1. The third kappa shape index (κ3) is 4.98. The first-order valence-electron chi connectivity index (χ1n) is 10.4. The molecule has 0 radical (unpaired) electrons. The number of ether oxygens (including phenoxy) is 2. The molecule has 0 saturated carbocycles. The molecule has 0 unspecified atom stereocenters. The van der Waals surface area contributed by atoms with Crippen LogP contribution < -0.4 is 14.8 Å². The summed E-state index contributed by atoms with van der Waals surface area (Å²) in [6, 6.07) is 14.0. The number of carbonyl (C=O) groups excluding carboxylic acids is 1. The van der Waals surface area contributed by atoms with Crippen molar-refractivity contribution >= 4 is 11.6 Å². The van der Waals surface area contributed by atoms with Gasteiger partial charge in [0.2, 0.25) is 0 Å². The number of methoxy groups -OCH3 is 2. The molecular weight excluding hydrogens is 447 g/mol. The van der Waals surface area contributed by atoms with E-state index in [2.05, 4.69) is 10.3 Å². The number of carbonyl (C=O) groups is 1. The van der Waals surface area contributed by atoms with E-state index >= 15 is 0 Å². The number of nitrogens with one attached hydrogen (secondary N) is 1. The quantitative estimate of drug-likeness (QED) is 0.413. The van der Waals surface area contributed by atoms with E-state index in [0.717, 1.165) is 17.7 Å². The molecule has 0 aliphatic rings. The molecule has 0 aliphatic carbocycles. The minimum Gasteiger partial charge on any atom is -0.493 e. The van der Waals surface area contributed by atoms with E-state index in [1.807, 2.05) is 12.1 Å². The molecule has 0 bridgehead atoms. The molecule has 0 aliphatic heterocycles. The van der Waals surface area contributed by atoms with Crippen LogP contribution in [0.15, 0.2) is 67.0 Å². The van der Waals surface area contributed by atoms with E-state index in [1.54, 1.807) is 55.3 Å². The molecule has 0 atom stereocenters. The standard InChI is InChI=1S/C25H22F3N3O3/c1-33-21-8-6-16(12-22(21)34-2)10-11-29-24(32)20-15-31-14-18(7-9-23(31)30-20)17-4-3-5-19(13-17)25(26,27)28/h3-9,12-15H,10-11H2,1-2H3,(H,29,32). The molecule has 0 fully saturated rings. The maximum atomic E-state index is 13.0. The number of hydrogen-bond acceptors (Lipinski definition) is 4. The molecular formula is C25H22F3N3O3. The Kier molecular flexibility index (Phi) is 6.45. The van der Waals surface area contributed by atoms with Crippen molar-refractivity contribution in [1.82, 2.24) is 14.7 Å². The van der Waals surface area contributed by atoms with Crippen molar-refractivity contribution in [2.45, 2.75) is 12.6 Å². The first-order chi connectivity index (χ1) is 16.3. The Hall–Kier alpha value is -4.01. The normalized spacial score (nSPS) is 11.4. The highest BCUT2D eigenvalue weighted by Gasteiger charge is 2.30. The summed E-state index contributed by atoms with van der Waals surface area (Å²) in [5, 5.41) is 2.83. The van der Waals surface area contributed by atoms with Gasteiger partial charge < -0.3 is 19.2 Å². The Morgan fingerprint density at radius 2 is 1.76 bits per heavy atom. The molecule has 4 aromatic rings. The van der Waals surface area contributed by atoms with Crippen LogP contribution in [-0.4, -0.2) is 36.1 Å². The van der Waals surface area contributed by atoms with Crippen molar-refractivity contribution in [3.8, 4) is 22.6 Å². The zero-order chi connectivity index (χ0) is 24.3. The number of alkyl halides is 3. The van der Waals surface area contributed by atoms with Gasteiger partial charge >= 0.3 is 6.18 Å². The first kappa shape index (κ1) is 23.2. The van der Waals surface area contributed by atoms with Gasteiger partial charge in [0.15, 0.2) is 11.5 Å². The number of halogens is 3. The van der Waals surface area contributed by atoms with Gasteiger partial charge in [0.05, 0.1) is 19.8 Å². The molecule has 34 heavy (non-hydrogen) atoms. The second-order valence-corrected chi connectivity index (χ2v) is 7.58. The van der Waals surface area contributed by atoms with Gasteiger partial charge in [-0.05, 0) is 59.5 Å². The molecule has 2 heterocycles. The first-order valence-corrected chi connectivity index (χ1v) is 10.4. The van der Waals surface area contributed by atoms with Crippen molar-refractivity contribution in [3.05, 3.63) is 83.8 Å². The predicted molar refractivity (Wildman–Crippen MR) is 121 cm³/mol. The third-order valence-corrected chi connectivity index (χ3v) is 5.35. The number of pyridine rings is 1. The van der Waals surface area contributed by atoms with Gasteiger partial charge in [0.25, 0.3) is 5.91 Å². The zero-order valence-electron chi connectivity index (χ0n) is 18.5. The second-order valence-electron chi connectivity index (χ2n) is 7.58. The number of benzene rings is 2. The lowest BCUT2D eigenvalue weighted by Gasteiger charge is -2.09. The van der Waals surface area contributed by atoms with Crippen LogP contribution in [0.2, 0.25) is 0 Å². The second kappa shape index (κ2) is 9.46. The van der Waals surface area contributed by atoms with E-state index < -0.39 is 11.7 Å². The summed E-state index contributed by atoms with van der Waals surface area (Å²) in [7, 11) is 3.13. The minimum atomic E-state index is -4.42. The highest BCUT2D eigenvalue weighted by atomic mass is 19.4. The van der Waals surface area contributed by atoms with Crippen molar-refractivity contribution in [3.63, 3.8) is 0 Å². The van der Waals surface area contributed by atoms with Crippen molar-refractivity contribution in [1.29, 1.82) is 0 Å². The highest BCUT2D eigenvalue weighted by molar-refractivity contribution is 5.92. The minimum absolute atomic E-state index is 0.216. The number of aromatic nitrogens is 2. The maximum absolute atomic E-state index is 13.0. The van der Waals surface area contributed by atoms with Crippen LogP contribution in [0.3, 0.4) is 0 Å². The van der Waals surface area contributed by atoms with Gasteiger partial charge in [-0.3, -0.25) is 4.79 Å². The van der Waals surface area contributed by atoms with Gasteiger partial charge in [0.1, 0.15) is 11.3 Å². The average Bonchev–Trinajstić information content (AvgIpc) is 3.27. The molecule has 2 aromatic carbocycles. The van der Waals surface area contributed by atoms with Crippen LogP contribution in [-0.2, 0) is 12.6 Å². The lowest BCUT2D eigenvalue weighted by Crippen LogP contribution is -2.26. The van der Waals surface area contributed by atoms with Crippen LogP contribution in [0.4, 0.5) is 13.2 Å². The van der Waals surface area contributed by atoms with Crippen LogP contribution >= 0.6 is 0 Å². The van der Waals surface area contributed by atoms with Crippen molar-refractivity contribution < 1.29 is 27.4 Å². The van der Waals surface area contributed by atoms with E-state index in [9.17, 15) is 18.0 Å². The predicted octanol–water partition coefficient (Wildman–Crippen LogP) is 5.01. The van der Waals surface area contributed by atoms with Crippen LogP contribution in [0, 0.1) is 0 Å². The Morgan fingerprint density at radius 3 is 2.50 bits per heavy atom. The largest absolute Gasteiger partial charge is 0.493 e. The van der Waals surface area contributed by atoms with Gasteiger partial charge in [0, 0.05) is 18.9 Å². The molecule has 6 nitrogen and oxygen atoms in total. The number of nitrogens with zero attached hydrogens (tertiary/aromatic N) is 2. The number of rotatable bonds is 7. The fraction of sp³-hybridized carbons (Fsp3) is 0.200. The topological polar surface area (TPSA) is 64.9 Å². The highest BCUT2D eigenvalue weighted by Crippen LogP contribution is 2.32. The van der Waals surface area contributed by atoms with E-state index in [-0.39, 0.29) is 11.6 Å². The van der Waals surface area contributed by atoms with Gasteiger partial charge in [-0.2, -0.15) is 13.2 Å². The van der Waals surface area contributed by atoms with Crippen molar-refractivity contribution in [2.75, 3.05) is 20.8 Å². The van der Waals surface area contributed by atoms with Crippen LogP contribution in [0.25, 0.3) is 16.8 Å². The third-order valence-electron chi connectivity index (χ3n) is 5.35. The van der Waals surface area contributed by atoms with E-state index in [0.29, 0.717) is 41.2 Å². The molecule has 0 spiro atoms. The summed E-state index contributed by atoms with van der Waals surface area (Å²) in [6.45, 7) is 0.387. The van der Waals surface area contributed by atoms with E-state index in [4.69, 9.17) is 9.47 Å². The zero-order valence-corrected chi connectivity index (χ0v) is 18.5. The molecule has 176 valence electrons. The Labute approximate surface area is 194 Å². The Balaban J connectivity index is 1.45. The summed E-state index contributed by atoms with van der Waals surface area (Å²) in [4.78, 5) is 16.9. The summed E-state index contributed by atoms with van der Waals surface area (Å²) < 4.78 is 51.3. The molecule has 1 N–H and O–H groups in total. The van der Waals surface area contributed by atoms with Gasteiger partial charge in [-0.15, -0.1) is 0 Å². The summed E-state index contributed by atoms with van der Waals surface area (Å²) >= 11 is 0. The molecule has 4 rings (SSSR count). The summed E-state index contributed by atoms with van der Waals surface area (Å²) in [5.74, 6) is 0.900. The fourth-order valence-corrected chi connectivity index (χ4v) is 3.59. The van der Waals surface area contributed by atoms with Crippen molar-refractivity contribution in [2.24, 2.45) is 0 Å². The molecule has 0 saturated heterocycles. The van der Waals surface area contributed by atoms with E-state index in [1.165, 1.54) is 6.07 Å².